The van der Waals surface area contributed by atoms with Crippen molar-refractivity contribution >= 4 is 12.0 Å². The number of nitrogens with zero attached hydrogens (tertiary/aromatic N) is 1. The topological polar surface area (TPSA) is 78.9 Å². The number of piperidine rings is 1. The Bertz CT molecular complexity index is 346. The highest BCUT2D eigenvalue weighted by Gasteiger charge is 2.36. The number of amides is 2. The summed E-state index contributed by atoms with van der Waals surface area (Å²) in [5, 5.41) is 12.0. The van der Waals surface area contributed by atoms with Crippen LogP contribution in [0.15, 0.2) is 0 Å². The number of methoxy groups -OCH3 is 1. The maximum atomic E-state index is 12.3. The number of hydrogen-bond donors (Lipinski definition) is 2. The van der Waals surface area contributed by atoms with Gasteiger partial charge in [0.15, 0.2) is 0 Å². The van der Waals surface area contributed by atoms with Crippen molar-refractivity contribution in [1.29, 1.82) is 0 Å². The largest absolute Gasteiger partial charge is 0.480 e. The van der Waals surface area contributed by atoms with Crippen LogP contribution in [0.5, 0.6) is 0 Å². The summed E-state index contributed by atoms with van der Waals surface area (Å²) in [6.07, 6.45) is 3.10. The van der Waals surface area contributed by atoms with E-state index in [1.54, 1.807) is 18.9 Å². The molecule has 1 fully saturated rings. The average molecular weight is 286 g/mol. The fraction of sp³-hybridized carbons (Fsp3) is 0.857. The smallest absolute Gasteiger partial charge is 0.329 e. The first-order chi connectivity index (χ1) is 9.42. The Hall–Kier alpha value is -1.30. The first-order valence-corrected chi connectivity index (χ1v) is 7.22. The highest BCUT2D eigenvalue weighted by Crippen LogP contribution is 2.18. The molecule has 1 rings (SSSR count). The SMILES string of the molecule is CCCC(C)(NC(=O)N1CCCC(COC)C1)C(=O)O. The van der Waals surface area contributed by atoms with Gasteiger partial charge in [0, 0.05) is 26.1 Å². The Morgan fingerprint density at radius 3 is 2.75 bits per heavy atom. The third kappa shape index (κ3) is 4.37. The summed E-state index contributed by atoms with van der Waals surface area (Å²) >= 11 is 0. The molecule has 2 N–H and O–H groups in total. The quantitative estimate of drug-likeness (QED) is 0.779. The van der Waals surface area contributed by atoms with Crippen LogP contribution < -0.4 is 5.32 Å². The van der Waals surface area contributed by atoms with E-state index in [-0.39, 0.29) is 6.03 Å². The summed E-state index contributed by atoms with van der Waals surface area (Å²) in [6.45, 7) is 5.40. The normalized spacial score (nSPS) is 22.1. The van der Waals surface area contributed by atoms with Crippen LogP contribution in [0, 0.1) is 5.92 Å². The molecular formula is C14H26N2O4. The Balaban J connectivity index is 2.62. The van der Waals surface area contributed by atoms with Gasteiger partial charge in [-0.3, -0.25) is 0 Å². The summed E-state index contributed by atoms with van der Waals surface area (Å²) in [4.78, 5) is 25.3. The summed E-state index contributed by atoms with van der Waals surface area (Å²) in [5.41, 5.74) is -1.19. The zero-order valence-electron chi connectivity index (χ0n) is 12.6. The van der Waals surface area contributed by atoms with Gasteiger partial charge >= 0.3 is 12.0 Å². The van der Waals surface area contributed by atoms with Crippen LogP contribution in [0.25, 0.3) is 0 Å². The molecule has 0 radical (unpaired) electrons. The van der Waals surface area contributed by atoms with Crippen LogP contribution in [-0.2, 0) is 9.53 Å². The number of carbonyl (C=O) groups is 2. The van der Waals surface area contributed by atoms with E-state index in [2.05, 4.69) is 5.32 Å². The van der Waals surface area contributed by atoms with Gasteiger partial charge in [-0.25, -0.2) is 9.59 Å². The molecule has 0 aromatic heterocycles. The monoisotopic (exact) mass is 286 g/mol. The second-order valence-electron chi connectivity index (χ2n) is 5.73. The van der Waals surface area contributed by atoms with Crippen molar-refractivity contribution in [3.63, 3.8) is 0 Å². The molecular weight excluding hydrogens is 260 g/mol. The molecule has 6 nitrogen and oxygen atoms in total. The third-order valence-electron chi connectivity index (χ3n) is 3.81. The highest BCUT2D eigenvalue weighted by atomic mass is 16.5. The van der Waals surface area contributed by atoms with Crippen LogP contribution >= 0.6 is 0 Å². The predicted molar refractivity (Wildman–Crippen MR) is 75.7 cm³/mol. The van der Waals surface area contributed by atoms with Crippen molar-refractivity contribution in [1.82, 2.24) is 10.2 Å². The molecule has 0 aromatic rings. The van der Waals surface area contributed by atoms with Crippen molar-refractivity contribution in [2.45, 2.75) is 45.1 Å². The fourth-order valence-electron chi connectivity index (χ4n) is 2.66. The summed E-state index contributed by atoms with van der Waals surface area (Å²) in [6, 6.07) is -0.288. The predicted octanol–water partition coefficient (Wildman–Crippen LogP) is 1.70. The molecule has 0 saturated carbocycles. The lowest BCUT2D eigenvalue weighted by Crippen LogP contribution is -2.57. The number of aliphatic carboxylic acids is 1. The second-order valence-corrected chi connectivity index (χ2v) is 5.73. The van der Waals surface area contributed by atoms with E-state index in [0.717, 1.165) is 12.8 Å². The lowest BCUT2D eigenvalue weighted by atomic mass is 9.96. The van der Waals surface area contributed by atoms with Crippen LogP contribution in [0.4, 0.5) is 4.79 Å². The van der Waals surface area contributed by atoms with Crippen LogP contribution in [0.3, 0.4) is 0 Å². The standard InChI is InChI=1S/C14H26N2O4/c1-4-7-14(2,12(17)18)15-13(19)16-8-5-6-11(9-16)10-20-3/h11H,4-10H2,1-3H3,(H,15,19)(H,17,18). The first-order valence-electron chi connectivity index (χ1n) is 7.22. The van der Waals surface area contributed by atoms with Gasteiger partial charge in [-0.1, -0.05) is 13.3 Å². The summed E-state index contributed by atoms with van der Waals surface area (Å²) in [5.74, 6) is -0.653. The minimum absolute atomic E-state index is 0.288. The van der Waals surface area contributed by atoms with E-state index in [1.807, 2.05) is 6.92 Å². The molecule has 1 saturated heterocycles. The van der Waals surface area contributed by atoms with E-state index < -0.39 is 11.5 Å². The van der Waals surface area contributed by atoms with Gasteiger partial charge in [-0.2, -0.15) is 0 Å². The average Bonchev–Trinajstić information content (AvgIpc) is 2.39. The third-order valence-corrected chi connectivity index (χ3v) is 3.81. The van der Waals surface area contributed by atoms with Gasteiger partial charge in [-0.15, -0.1) is 0 Å². The van der Waals surface area contributed by atoms with Crippen LogP contribution in [-0.4, -0.2) is 54.4 Å². The Morgan fingerprint density at radius 1 is 1.50 bits per heavy atom. The molecule has 2 atom stereocenters. The molecule has 116 valence electrons. The summed E-state index contributed by atoms with van der Waals surface area (Å²) in [7, 11) is 1.65. The molecule has 0 spiro atoms. The minimum Gasteiger partial charge on any atom is -0.480 e. The lowest BCUT2D eigenvalue weighted by Gasteiger charge is -2.35. The molecule has 0 aliphatic carbocycles. The van der Waals surface area contributed by atoms with Gasteiger partial charge in [0.2, 0.25) is 0 Å². The van der Waals surface area contributed by atoms with Gasteiger partial charge < -0.3 is 20.1 Å². The van der Waals surface area contributed by atoms with Crippen LogP contribution in [0.2, 0.25) is 0 Å². The van der Waals surface area contributed by atoms with Crippen molar-refractivity contribution in [3.8, 4) is 0 Å². The number of carboxylic acids is 1. The van der Waals surface area contributed by atoms with Gasteiger partial charge in [0.1, 0.15) is 5.54 Å². The Kier molecular flexibility index (Phi) is 6.26. The number of hydrogen-bond acceptors (Lipinski definition) is 3. The van der Waals surface area contributed by atoms with Gasteiger partial charge in [-0.05, 0) is 26.2 Å². The minimum atomic E-state index is -1.19. The summed E-state index contributed by atoms with van der Waals surface area (Å²) < 4.78 is 5.13. The van der Waals surface area contributed by atoms with Crippen molar-refractivity contribution in [2.75, 3.05) is 26.8 Å². The van der Waals surface area contributed by atoms with Crippen molar-refractivity contribution < 1.29 is 19.4 Å². The molecule has 20 heavy (non-hydrogen) atoms. The number of ether oxygens (including phenoxy) is 1. The maximum absolute atomic E-state index is 12.3. The molecule has 0 bridgehead atoms. The second kappa shape index (κ2) is 7.47. The molecule has 1 aliphatic heterocycles. The lowest BCUT2D eigenvalue weighted by molar-refractivity contribution is -0.144. The van der Waals surface area contributed by atoms with Crippen molar-refractivity contribution in [3.05, 3.63) is 0 Å². The first kappa shape index (κ1) is 16.8. The zero-order chi connectivity index (χ0) is 15.2. The Labute approximate surface area is 120 Å². The van der Waals surface area contributed by atoms with E-state index in [9.17, 15) is 14.7 Å². The molecule has 2 unspecified atom stereocenters. The molecule has 2 amide bonds. The number of carbonyl (C=O) groups excluding carboxylic acids is 1. The molecule has 1 heterocycles. The maximum Gasteiger partial charge on any atom is 0.329 e. The number of carboxylic acid groups (broad SMARTS) is 1. The van der Waals surface area contributed by atoms with E-state index >= 15 is 0 Å². The van der Waals surface area contributed by atoms with E-state index in [4.69, 9.17) is 4.74 Å². The van der Waals surface area contributed by atoms with E-state index in [0.29, 0.717) is 38.5 Å². The molecule has 6 heteroatoms. The Morgan fingerprint density at radius 2 is 2.20 bits per heavy atom. The van der Waals surface area contributed by atoms with Crippen LogP contribution in [0.1, 0.15) is 39.5 Å². The number of urea groups is 1. The fourth-order valence-corrected chi connectivity index (χ4v) is 2.66. The number of nitrogens with one attached hydrogen (secondary N) is 1. The number of rotatable bonds is 6. The van der Waals surface area contributed by atoms with Gasteiger partial charge in [0.25, 0.3) is 0 Å². The van der Waals surface area contributed by atoms with Crippen molar-refractivity contribution in [2.24, 2.45) is 5.92 Å². The molecule has 1 aliphatic rings. The highest BCUT2D eigenvalue weighted by molar-refractivity contribution is 5.85. The van der Waals surface area contributed by atoms with E-state index in [1.165, 1.54) is 0 Å². The zero-order valence-corrected chi connectivity index (χ0v) is 12.6. The molecule has 0 aromatic carbocycles. The van der Waals surface area contributed by atoms with Gasteiger partial charge in [0.05, 0.1) is 6.61 Å². The number of likely N-dealkylation sites (tertiary alicyclic amines) is 1.